The number of carboxylic acid groups (broad SMARTS) is 1. The molecular formula is C97H180NO8+. The molecule has 0 aliphatic heterocycles. The minimum atomic E-state index is -1.51. The van der Waals surface area contributed by atoms with E-state index in [1.807, 2.05) is 21.1 Å². The van der Waals surface area contributed by atoms with Gasteiger partial charge in [0.1, 0.15) is 13.2 Å². The average molecular weight is 1490 g/mol. The smallest absolute Gasteiger partial charge is 0.361 e. The van der Waals surface area contributed by atoms with Crippen molar-refractivity contribution in [2.24, 2.45) is 0 Å². The number of unbranched alkanes of at least 4 members (excludes halogenated alkanes) is 61. The third kappa shape index (κ3) is 88.0. The van der Waals surface area contributed by atoms with Crippen molar-refractivity contribution >= 4 is 17.9 Å². The number of nitrogens with zero attached hydrogens (tertiary/aromatic N) is 1. The second-order valence-corrected chi connectivity index (χ2v) is 33.0. The van der Waals surface area contributed by atoms with Crippen molar-refractivity contribution in [3.63, 3.8) is 0 Å². The summed E-state index contributed by atoms with van der Waals surface area (Å²) in [7, 11) is 6.01. The average Bonchev–Trinajstić information content (AvgIpc) is 0.935. The lowest BCUT2D eigenvalue weighted by atomic mass is 10.0. The normalized spacial score (nSPS) is 12.9. The molecule has 0 bridgehead atoms. The Labute approximate surface area is 659 Å². The van der Waals surface area contributed by atoms with E-state index in [0.717, 1.165) is 77.0 Å². The molecule has 0 rings (SSSR count). The molecular weight excluding hydrogens is 1310 g/mol. The van der Waals surface area contributed by atoms with Crippen LogP contribution < -0.4 is 0 Å². The van der Waals surface area contributed by atoms with E-state index in [-0.39, 0.29) is 38.2 Å². The molecule has 0 fully saturated rings. The highest BCUT2D eigenvalue weighted by Gasteiger charge is 2.25. The van der Waals surface area contributed by atoms with E-state index in [9.17, 15) is 19.5 Å². The fourth-order valence-corrected chi connectivity index (χ4v) is 14.2. The Bertz CT molecular complexity index is 1980. The molecule has 0 aliphatic rings. The molecule has 106 heavy (non-hydrogen) atoms. The van der Waals surface area contributed by atoms with Gasteiger partial charge in [0, 0.05) is 12.8 Å². The van der Waals surface area contributed by atoms with Gasteiger partial charge in [-0.2, -0.15) is 0 Å². The number of quaternary nitrogens is 1. The minimum absolute atomic E-state index is 0.176. The van der Waals surface area contributed by atoms with E-state index in [1.165, 1.54) is 366 Å². The Balaban J connectivity index is 3.88. The molecule has 0 heterocycles. The van der Waals surface area contributed by atoms with E-state index in [1.54, 1.807) is 0 Å². The number of hydrogen-bond donors (Lipinski definition) is 1. The maximum atomic E-state index is 13.0. The Morgan fingerprint density at radius 1 is 0.292 bits per heavy atom. The number of esters is 2. The van der Waals surface area contributed by atoms with Crippen LogP contribution in [0.5, 0.6) is 0 Å². The van der Waals surface area contributed by atoms with Gasteiger partial charge in [-0.25, -0.2) is 4.79 Å². The predicted octanol–water partition coefficient (Wildman–Crippen LogP) is 30.7. The van der Waals surface area contributed by atoms with Gasteiger partial charge in [-0.3, -0.25) is 9.59 Å². The lowest BCUT2D eigenvalue weighted by Gasteiger charge is -2.25. The zero-order chi connectivity index (χ0) is 76.7. The summed E-state index contributed by atoms with van der Waals surface area (Å²) in [5, 5.41) is 9.80. The van der Waals surface area contributed by atoms with E-state index in [0.29, 0.717) is 17.4 Å². The van der Waals surface area contributed by atoms with Gasteiger partial charge >= 0.3 is 17.9 Å². The van der Waals surface area contributed by atoms with Gasteiger partial charge in [-0.05, 0) is 64.2 Å². The number of allylic oxidation sites excluding steroid dienone is 12. The molecule has 1 N–H and O–H groups in total. The molecule has 0 aliphatic carbocycles. The zero-order valence-corrected chi connectivity index (χ0v) is 71.4. The lowest BCUT2D eigenvalue weighted by molar-refractivity contribution is -0.870. The second-order valence-electron chi connectivity index (χ2n) is 33.0. The SMILES string of the molecule is CC/C=C\C/C=C\C/C=C\C/C=C\C/C=C\C/C=C\CCCCCCCCCCCCCCCCCCCCCCCCC(=O)OC(COC(=O)CCCCCCCCCCCCCCCCCCCCCCCCCCCCCCCCCCCCCCCCCC)COC(OCC[N+](C)(C)C)C(=O)O. The fourth-order valence-electron chi connectivity index (χ4n) is 14.2. The number of likely N-dealkylation sites (N-methyl/N-ethyl adjacent to an activating group) is 1. The summed E-state index contributed by atoms with van der Waals surface area (Å²) in [5.41, 5.74) is 0. The van der Waals surface area contributed by atoms with Crippen LogP contribution in [0.2, 0.25) is 0 Å². The molecule has 2 atom stereocenters. The molecule has 0 spiro atoms. The molecule has 9 heteroatoms. The van der Waals surface area contributed by atoms with Crippen molar-refractivity contribution in [3.8, 4) is 0 Å². The molecule has 2 unspecified atom stereocenters. The molecule has 0 amide bonds. The van der Waals surface area contributed by atoms with Crippen LogP contribution >= 0.6 is 0 Å². The number of aliphatic carboxylic acids is 1. The van der Waals surface area contributed by atoms with Crippen LogP contribution in [0.25, 0.3) is 0 Å². The number of carbonyl (C=O) groups excluding carboxylic acids is 2. The topological polar surface area (TPSA) is 108 Å². The number of hydrogen-bond acceptors (Lipinski definition) is 7. The van der Waals surface area contributed by atoms with E-state index >= 15 is 0 Å². The fraction of sp³-hybridized carbons (Fsp3) is 0.845. The van der Waals surface area contributed by atoms with E-state index < -0.39 is 18.4 Å². The monoisotopic (exact) mass is 1490 g/mol. The van der Waals surface area contributed by atoms with E-state index in [2.05, 4.69) is 86.8 Å². The van der Waals surface area contributed by atoms with Crippen LogP contribution in [0.3, 0.4) is 0 Å². The van der Waals surface area contributed by atoms with Gasteiger partial charge < -0.3 is 28.5 Å². The van der Waals surface area contributed by atoms with Crippen LogP contribution in [-0.4, -0.2) is 87.4 Å². The zero-order valence-electron chi connectivity index (χ0n) is 71.4. The highest BCUT2D eigenvalue weighted by atomic mass is 16.7. The maximum absolute atomic E-state index is 13.0. The maximum Gasteiger partial charge on any atom is 0.361 e. The summed E-state index contributed by atoms with van der Waals surface area (Å²) < 4.78 is 23.1. The second kappa shape index (κ2) is 87.3. The Kier molecular flexibility index (Phi) is 84.6. The summed E-state index contributed by atoms with van der Waals surface area (Å²) in [6, 6.07) is 0. The first-order valence-corrected chi connectivity index (χ1v) is 46.6. The molecule has 620 valence electrons. The summed E-state index contributed by atoms with van der Waals surface area (Å²) in [5.74, 6) is -1.97. The first-order valence-electron chi connectivity index (χ1n) is 46.6. The molecule has 0 saturated carbocycles. The largest absolute Gasteiger partial charge is 0.477 e. The molecule has 0 aromatic carbocycles. The van der Waals surface area contributed by atoms with Crippen molar-refractivity contribution in [1.82, 2.24) is 0 Å². The van der Waals surface area contributed by atoms with Crippen molar-refractivity contribution < 1.29 is 42.9 Å². The van der Waals surface area contributed by atoms with Gasteiger partial charge in [0.05, 0.1) is 34.4 Å². The number of rotatable bonds is 88. The number of carboxylic acids is 1. The van der Waals surface area contributed by atoms with Crippen LogP contribution in [-0.2, 0) is 33.3 Å². The minimum Gasteiger partial charge on any atom is -0.477 e. The Hall–Kier alpha value is -3.27. The highest BCUT2D eigenvalue weighted by Crippen LogP contribution is 2.21. The van der Waals surface area contributed by atoms with Gasteiger partial charge in [0.25, 0.3) is 6.29 Å². The van der Waals surface area contributed by atoms with Gasteiger partial charge in [0.2, 0.25) is 0 Å². The lowest BCUT2D eigenvalue weighted by Crippen LogP contribution is -2.40. The van der Waals surface area contributed by atoms with Crippen molar-refractivity contribution in [1.29, 1.82) is 0 Å². The van der Waals surface area contributed by atoms with Gasteiger partial charge in [-0.1, -0.05) is 466 Å². The van der Waals surface area contributed by atoms with Crippen LogP contribution in [0.4, 0.5) is 0 Å². The van der Waals surface area contributed by atoms with Gasteiger partial charge in [-0.15, -0.1) is 0 Å². The van der Waals surface area contributed by atoms with Crippen molar-refractivity contribution in [3.05, 3.63) is 72.9 Å². The standard InChI is InChI=1S/C97H179NO8/c1-6-8-10-12-14-16-18-20-22-24-26-28-30-32-34-36-38-40-42-44-46-48-50-52-54-56-58-60-62-64-66-68-70-72-74-76-78-80-82-84-86-88-95(100)106-93(92-105-97(96(101)102)103-90-89-98(3,4)5)91-104-94(99)87-85-83-81-79-77-75-73-71-69-67-65-63-61-59-57-55-53-51-49-47-45-43-41-39-37-35-33-31-29-27-25-23-21-19-17-15-13-11-9-7-2/h8,10,14,16,20,22,26,28,32,34,38,40,93,97H,6-7,9,11-13,15,17-19,21,23-25,27,29-31,33,35-37,39,41-92H2,1-5H3/p+1/b10-8-,16-14-,22-20-,28-26-,34-32-,40-38-. The Morgan fingerprint density at radius 3 is 0.802 bits per heavy atom. The molecule has 0 saturated heterocycles. The molecule has 9 nitrogen and oxygen atoms in total. The van der Waals surface area contributed by atoms with Crippen molar-refractivity contribution in [2.45, 2.75) is 482 Å². The summed E-state index contributed by atoms with van der Waals surface area (Å²) in [6.45, 7) is 4.85. The molecule has 0 radical (unpaired) electrons. The Morgan fingerprint density at radius 2 is 0.538 bits per heavy atom. The quantitative estimate of drug-likeness (QED) is 0.0211. The van der Waals surface area contributed by atoms with Crippen LogP contribution in [0, 0.1) is 0 Å². The highest BCUT2D eigenvalue weighted by molar-refractivity contribution is 5.71. The number of carbonyl (C=O) groups is 3. The predicted molar refractivity (Wildman–Crippen MR) is 461 cm³/mol. The molecule has 0 aromatic rings. The third-order valence-corrected chi connectivity index (χ3v) is 21.2. The molecule has 0 aromatic heterocycles. The van der Waals surface area contributed by atoms with Gasteiger partial charge in [0.15, 0.2) is 6.10 Å². The van der Waals surface area contributed by atoms with Crippen molar-refractivity contribution in [2.75, 3.05) is 47.5 Å². The van der Waals surface area contributed by atoms with E-state index in [4.69, 9.17) is 18.9 Å². The summed E-state index contributed by atoms with van der Waals surface area (Å²) in [4.78, 5) is 37.9. The first-order chi connectivity index (χ1) is 52.1. The summed E-state index contributed by atoms with van der Waals surface area (Å²) in [6.07, 6.45) is 117. The number of ether oxygens (including phenoxy) is 4. The third-order valence-electron chi connectivity index (χ3n) is 21.2. The van der Waals surface area contributed by atoms with Crippen LogP contribution in [0.1, 0.15) is 470 Å². The first kappa shape index (κ1) is 103. The van der Waals surface area contributed by atoms with Crippen LogP contribution in [0.15, 0.2) is 72.9 Å². The summed E-state index contributed by atoms with van der Waals surface area (Å²) >= 11 is 0.